The summed E-state index contributed by atoms with van der Waals surface area (Å²) in [6.45, 7) is 0. The molecule has 0 saturated carbocycles. The Kier molecular flexibility index (Phi) is 3.66. The highest BCUT2D eigenvalue weighted by Gasteiger charge is 2.14. The van der Waals surface area contributed by atoms with Crippen LogP contribution in [-0.2, 0) is 0 Å². The number of hydrogen-bond acceptors (Lipinski definition) is 3. The fraction of sp³-hybridized carbons (Fsp3) is 0.0714. The second kappa shape index (κ2) is 5.39. The van der Waals surface area contributed by atoms with Crippen LogP contribution in [0.4, 0.5) is 0 Å². The number of primary amides is 1. The summed E-state index contributed by atoms with van der Waals surface area (Å²) in [4.78, 5) is 11.7. The van der Waals surface area contributed by atoms with Crippen LogP contribution in [0.1, 0.15) is 20.8 Å². The number of thiophene rings is 1. The Morgan fingerprint density at radius 3 is 2.61 bits per heavy atom. The molecule has 1 heterocycles. The van der Waals surface area contributed by atoms with E-state index in [9.17, 15) is 4.79 Å². The first kappa shape index (κ1) is 12.2. The van der Waals surface area contributed by atoms with Gasteiger partial charge in [-0.15, -0.1) is 11.3 Å². The maximum absolute atomic E-state index is 11.3. The smallest absolute Gasteiger partial charge is 0.260 e. The molecule has 0 fully saturated rings. The highest BCUT2D eigenvalue weighted by atomic mass is 32.1. The predicted octanol–water partition coefficient (Wildman–Crippen LogP) is 2.26. The largest absolute Gasteiger partial charge is 0.495 e. The lowest BCUT2D eigenvalue weighted by molar-refractivity contribution is 0.100. The first-order chi connectivity index (χ1) is 8.72. The van der Waals surface area contributed by atoms with Crippen LogP contribution in [0.25, 0.3) is 0 Å². The maximum Gasteiger partial charge on any atom is 0.260 e. The van der Waals surface area contributed by atoms with Crippen LogP contribution < -0.4 is 10.5 Å². The molecular formula is C14H11NO2S. The van der Waals surface area contributed by atoms with Crippen molar-refractivity contribution in [1.29, 1.82) is 0 Å². The van der Waals surface area contributed by atoms with Gasteiger partial charge in [0.05, 0.1) is 12.7 Å². The van der Waals surface area contributed by atoms with Gasteiger partial charge in [-0.25, -0.2) is 0 Å². The van der Waals surface area contributed by atoms with E-state index in [0.29, 0.717) is 16.2 Å². The highest BCUT2D eigenvalue weighted by molar-refractivity contribution is 7.12. The van der Waals surface area contributed by atoms with E-state index in [-0.39, 0.29) is 0 Å². The summed E-state index contributed by atoms with van der Waals surface area (Å²) in [5, 5.41) is 1.73. The van der Waals surface area contributed by atoms with E-state index >= 15 is 0 Å². The van der Waals surface area contributed by atoms with Gasteiger partial charge in [0.1, 0.15) is 10.6 Å². The van der Waals surface area contributed by atoms with Crippen molar-refractivity contribution >= 4 is 17.2 Å². The fourth-order valence-corrected chi connectivity index (χ4v) is 2.27. The quantitative estimate of drug-likeness (QED) is 0.839. The molecular weight excluding hydrogens is 246 g/mol. The van der Waals surface area contributed by atoms with Crippen LogP contribution in [0.3, 0.4) is 0 Å². The van der Waals surface area contributed by atoms with Crippen LogP contribution in [0.5, 0.6) is 5.75 Å². The number of nitrogens with two attached hydrogens (primary N) is 1. The number of ether oxygens (including phenoxy) is 1. The normalized spacial score (nSPS) is 9.39. The monoisotopic (exact) mass is 257 g/mol. The molecule has 0 aliphatic carbocycles. The van der Waals surface area contributed by atoms with Crippen molar-refractivity contribution < 1.29 is 9.53 Å². The average Bonchev–Trinajstić information content (AvgIpc) is 2.80. The summed E-state index contributed by atoms with van der Waals surface area (Å²) in [6, 6.07) is 9.53. The predicted molar refractivity (Wildman–Crippen MR) is 71.8 cm³/mol. The summed E-state index contributed by atoms with van der Waals surface area (Å²) < 4.78 is 5.16. The summed E-state index contributed by atoms with van der Waals surface area (Å²) in [6.07, 6.45) is 0. The zero-order chi connectivity index (χ0) is 13.0. The van der Waals surface area contributed by atoms with Gasteiger partial charge in [0.2, 0.25) is 0 Å². The molecule has 2 N–H and O–H groups in total. The van der Waals surface area contributed by atoms with Crippen molar-refractivity contribution in [2.75, 3.05) is 7.11 Å². The lowest BCUT2D eigenvalue weighted by Gasteiger charge is -1.97. The van der Waals surface area contributed by atoms with Crippen molar-refractivity contribution in [2.45, 2.75) is 0 Å². The molecule has 1 aromatic heterocycles. The Morgan fingerprint density at radius 2 is 2.00 bits per heavy atom. The van der Waals surface area contributed by atoms with Crippen LogP contribution in [-0.4, -0.2) is 13.0 Å². The standard InChI is InChI=1S/C14H11NO2S/c1-17-12-9-18-13(14(15)16)11(12)8-7-10-5-3-2-4-6-10/h2-6,9H,1H3,(H2,15,16). The second-order valence-corrected chi connectivity index (χ2v) is 4.37. The van der Waals surface area contributed by atoms with E-state index in [1.807, 2.05) is 30.3 Å². The van der Waals surface area contributed by atoms with E-state index < -0.39 is 5.91 Å². The minimum atomic E-state index is -0.485. The van der Waals surface area contributed by atoms with Crippen molar-refractivity contribution in [1.82, 2.24) is 0 Å². The minimum Gasteiger partial charge on any atom is -0.495 e. The number of benzene rings is 1. The lowest BCUT2D eigenvalue weighted by Crippen LogP contribution is -2.10. The minimum absolute atomic E-state index is 0.426. The van der Waals surface area contributed by atoms with Crippen LogP contribution in [0, 0.1) is 11.8 Å². The topological polar surface area (TPSA) is 52.3 Å². The first-order valence-corrected chi connectivity index (χ1v) is 6.12. The molecule has 2 aromatic rings. The highest BCUT2D eigenvalue weighted by Crippen LogP contribution is 2.28. The molecule has 0 spiro atoms. The molecule has 0 bridgehead atoms. The van der Waals surface area contributed by atoms with E-state index in [0.717, 1.165) is 5.56 Å². The second-order valence-electron chi connectivity index (χ2n) is 3.49. The van der Waals surface area contributed by atoms with Gasteiger partial charge in [-0.05, 0) is 12.1 Å². The molecule has 0 aliphatic rings. The zero-order valence-electron chi connectivity index (χ0n) is 9.77. The number of rotatable bonds is 2. The third kappa shape index (κ3) is 2.53. The van der Waals surface area contributed by atoms with Gasteiger partial charge in [-0.3, -0.25) is 4.79 Å². The van der Waals surface area contributed by atoms with Crippen molar-refractivity contribution in [3.05, 3.63) is 51.7 Å². The molecule has 4 heteroatoms. The molecule has 1 aromatic carbocycles. The average molecular weight is 257 g/mol. The Bertz CT molecular complexity index is 620. The van der Waals surface area contributed by atoms with Crippen molar-refractivity contribution in [3.63, 3.8) is 0 Å². The first-order valence-electron chi connectivity index (χ1n) is 5.24. The third-order valence-corrected chi connectivity index (χ3v) is 3.28. The van der Waals surface area contributed by atoms with E-state index in [1.54, 1.807) is 12.5 Å². The molecule has 0 unspecified atom stereocenters. The third-order valence-electron chi connectivity index (χ3n) is 2.31. The van der Waals surface area contributed by atoms with Gasteiger partial charge in [-0.2, -0.15) is 0 Å². The van der Waals surface area contributed by atoms with E-state index in [1.165, 1.54) is 11.3 Å². The molecule has 18 heavy (non-hydrogen) atoms. The van der Waals surface area contributed by atoms with Gasteiger partial charge in [0, 0.05) is 10.9 Å². The molecule has 90 valence electrons. The van der Waals surface area contributed by atoms with Gasteiger partial charge < -0.3 is 10.5 Å². The number of methoxy groups -OCH3 is 1. The Hall–Kier alpha value is -2.25. The molecule has 0 radical (unpaired) electrons. The number of carbonyl (C=O) groups is 1. The Balaban J connectivity index is 2.43. The van der Waals surface area contributed by atoms with Crippen molar-refractivity contribution in [2.24, 2.45) is 5.73 Å². The molecule has 2 rings (SSSR count). The summed E-state index contributed by atoms with van der Waals surface area (Å²) in [5.74, 6) is 6.03. The molecule has 0 atom stereocenters. The number of carbonyl (C=O) groups excluding carboxylic acids is 1. The lowest BCUT2D eigenvalue weighted by atomic mass is 10.2. The van der Waals surface area contributed by atoms with Gasteiger partial charge in [0.25, 0.3) is 5.91 Å². The number of amides is 1. The summed E-state index contributed by atoms with van der Waals surface area (Å²) >= 11 is 1.24. The van der Waals surface area contributed by atoms with Crippen LogP contribution in [0.2, 0.25) is 0 Å². The Morgan fingerprint density at radius 1 is 1.28 bits per heavy atom. The summed E-state index contributed by atoms with van der Waals surface area (Å²) in [7, 11) is 1.54. The molecule has 1 amide bonds. The fourth-order valence-electron chi connectivity index (χ4n) is 1.45. The van der Waals surface area contributed by atoms with Crippen molar-refractivity contribution in [3.8, 4) is 17.6 Å². The SMILES string of the molecule is COc1csc(C(N)=O)c1C#Cc1ccccc1. The zero-order valence-corrected chi connectivity index (χ0v) is 10.6. The van der Waals surface area contributed by atoms with Crippen LogP contribution in [0.15, 0.2) is 35.7 Å². The Labute approximate surface area is 109 Å². The summed E-state index contributed by atoms with van der Waals surface area (Å²) in [5.41, 5.74) is 6.73. The maximum atomic E-state index is 11.3. The van der Waals surface area contributed by atoms with Gasteiger partial charge in [0.15, 0.2) is 0 Å². The number of hydrogen-bond donors (Lipinski definition) is 1. The van der Waals surface area contributed by atoms with E-state index in [2.05, 4.69) is 11.8 Å². The molecule has 3 nitrogen and oxygen atoms in total. The van der Waals surface area contributed by atoms with Gasteiger partial charge in [-0.1, -0.05) is 30.0 Å². The molecule has 0 saturated heterocycles. The molecule has 0 aliphatic heterocycles. The van der Waals surface area contributed by atoms with E-state index in [4.69, 9.17) is 10.5 Å². The van der Waals surface area contributed by atoms with Gasteiger partial charge >= 0.3 is 0 Å². The van der Waals surface area contributed by atoms with Crippen LogP contribution >= 0.6 is 11.3 Å².